The molecule has 0 aliphatic rings. The second-order valence-corrected chi connectivity index (χ2v) is 3.91. The summed E-state index contributed by atoms with van der Waals surface area (Å²) >= 11 is 0. The molecule has 0 nitrogen and oxygen atoms in total. The molecule has 0 aliphatic heterocycles. The summed E-state index contributed by atoms with van der Waals surface area (Å²) in [6.45, 7) is 6.73. The van der Waals surface area contributed by atoms with Gasteiger partial charge in [-0.2, -0.15) is 0 Å². The van der Waals surface area contributed by atoms with Crippen LogP contribution >= 0.6 is 0 Å². The van der Waals surface area contributed by atoms with Crippen LogP contribution in [0.5, 0.6) is 0 Å². The molecule has 1 rings (SSSR count). The molecule has 14 heavy (non-hydrogen) atoms. The minimum atomic E-state index is 1.15. The first-order chi connectivity index (χ1) is 6.81. The zero-order valence-electron chi connectivity index (χ0n) is 9.77. The second-order valence-electron chi connectivity index (χ2n) is 3.91. The first-order valence-corrected chi connectivity index (χ1v) is 5.92. The van der Waals surface area contributed by atoms with Crippen molar-refractivity contribution in [2.45, 2.75) is 52.9 Å². The van der Waals surface area contributed by atoms with Gasteiger partial charge in [0, 0.05) is 0 Å². The summed E-state index contributed by atoms with van der Waals surface area (Å²) in [5.74, 6) is 0. The highest BCUT2D eigenvalue weighted by Crippen LogP contribution is 2.15. The van der Waals surface area contributed by atoms with Gasteiger partial charge in [0.1, 0.15) is 0 Å². The highest BCUT2D eigenvalue weighted by molar-refractivity contribution is 5.32. The van der Waals surface area contributed by atoms with Gasteiger partial charge < -0.3 is 0 Å². The van der Waals surface area contributed by atoms with E-state index in [9.17, 15) is 0 Å². The van der Waals surface area contributed by atoms with Crippen LogP contribution in [0.25, 0.3) is 0 Å². The Morgan fingerprint density at radius 2 is 1.71 bits per heavy atom. The van der Waals surface area contributed by atoms with Crippen LogP contribution in [0, 0.1) is 0 Å². The van der Waals surface area contributed by atoms with Crippen LogP contribution in [0.3, 0.4) is 0 Å². The Labute approximate surface area is 88.4 Å². The molecule has 0 N–H and O–H groups in total. The zero-order chi connectivity index (χ0) is 10.4. The maximum Gasteiger partial charge on any atom is -0.0276 e. The van der Waals surface area contributed by atoms with Crippen molar-refractivity contribution in [3.8, 4) is 0 Å². The molecule has 0 fully saturated rings. The van der Waals surface area contributed by atoms with Crippen LogP contribution in [-0.2, 0) is 19.3 Å². The molecule has 0 aromatic heterocycles. The molecule has 0 atom stereocenters. The molecule has 0 heterocycles. The molecular formula is C14H22. The molecule has 0 bridgehead atoms. The van der Waals surface area contributed by atoms with E-state index < -0.39 is 0 Å². The van der Waals surface area contributed by atoms with Crippen molar-refractivity contribution >= 4 is 0 Å². The monoisotopic (exact) mass is 190 g/mol. The highest BCUT2D eigenvalue weighted by Gasteiger charge is 2.01. The number of aryl methyl sites for hydroxylation is 3. The molecule has 0 heteroatoms. The highest BCUT2D eigenvalue weighted by atomic mass is 14.1. The summed E-state index contributed by atoms with van der Waals surface area (Å²) in [5.41, 5.74) is 4.59. The van der Waals surface area contributed by atoms with Crippen LogP contribution < -0.4 is 0 Å². The summed E-state index contributed by atoms with van der Waals surface area (Å²) in [6, 6.07) is 6.99. The average Bonchev–Trinajstić information content (AvgIpc) is 2.26. The van der Waals surface area contributed by atoms with Crippen molar-refractivity contribution in [2.24, 2.45) is 0 Å². The predicted octanol–water partition coefficient (Wildman–Crippen LogP) is 4.15. The molecule has 1 aromatic carbocycles. The van der Waals surface area contributed by atoms with E-state index >= 15 is 0 Å². The molecule has 78 valence electrons. The van der Waals surface area contributed by atoms with Gasteiger partial charge in [-0.3, -0.25) is 0 Å². The van der Waals surface area contributed by atoms with Crippen LogP contribution in [0.4, 0.5) is 0 Å². The van der Waals surface area contributed by atoms with Gasteiger partial charge in [0.2, 0.25) is 0 Å². The van der Waals surface area contributed by atoms with Gasteiger partial charge in [-0.05, 0) is 42.4 Å². The van der Waals surface area contributed by atoms with Crippen molar-refractivity contribution < 1.29 is 0 Å². The Bertz CT molecular complexity index is 273. The molecule has 1 aromatic rings. The van der Waals surface area contributed by atoms with Gasteiger partial charge in [0.05, 0.1) is 0 Å². The molecule has 0 spiro atoms. The third-order valence-corrected chi connectivity index (χ3v) is 2.86. The van der Waals surface area contributed by atoms with E-state index in [1.165, 1.54) is 31.2 Å². The van der Waals surface area contributed by atoms with E-state index in [0.717, 1.165) is 6.42 Å². The lowest BCUT2D eigenvalue weighted by molar-refractivity contribution is 0.786. The van der Waals surface area contributed by atoms with E-state index in [4.69, 9.17) is 0 Å². The van der Waals surface area contributed by atoms with Crippen LogP contribution in [0.15, 0.2) is 18.2 Å². The fourth-order valence-electron chi connectivity index (χ4n) is 1.84. The Morgan fingerprint density at radius 1 is 0.929 bits per heavy atom. The fourth-order valence-corrected chi connectivity index (χ4v) is 1.84. The average molecular weight is 190 g/mol. The standard InChI is InChI=1S/C14H22/c1-4-7-8-14-10-9-12(5-2)11-13(14)6-3/h9-11H,4-8H2,1-3H3. The minimum absolute atomic E-state index is 1.15. The second kappa shape index (κ2) is 5.85. The topological polar surface area (TPSA) is 0 Å². The van der Waals surface area contributed by atoms with Crippen molar-refractivity contribution in [3.63, 3.8) is 0 Å². The van der Waals surface area contributed by atoms with Gasteiger partial charge in [-0.15, -0.1) is 0 Å². The Balaban J connectivity index is 2.82. The van der Waals surface area contributed by atoms with Crippen molar-refractivity contribution in [1.29, 1.82) is 0 Å². The van der Waals surface area contributed by atoms with E-state index in [0.29, 0.717) is 0 Å². The predicted molar refractivity (Wildman–Crippen MR) is 63.8 cm³/mol. The molecule has 0 unspecified atom stereocenters. The molecule has 0 saturated carbocycles. The Hall–Kier alpha value is -0.780. The van der Waals surface area contributed by atoms with E-state index in [1.807, 2.05) is 0 Å². The summed E-state index contributed by atoms with van der Waals surface area (Å²) in [5, 5.41) is 0. The third-order valence-electron chi connectivity index (χ3n) is 2.86. The molecule has 0 amide bonds. The molecule has 0 saturated heterocycles. The number of hydrogen-bond acceptors (Lipinski definition) is 0. The van der Waals surface area contributed by atoms with Crippen LogP contribution in [0.2, 0.25) is 0 Å². The quantitative estimate of drug-likeness (QED) is 0.654. The van der Waals surface area contributed by atoms with Crippen LogP contribution in [-0.4, -0.2) is 0 Å². The molecule has 0 aliphatic carbocycles. The summed E-state index contributed by atoms with van der Waals surface area (Å²) in [7, 11) is 0. The largest absolute Gasteiger partial charge is 0.0654 e. The van der Waals surface area contributed by atoms with Crippen LogP contribution in [0.1, 0.15) is 50.3 Å². The summed E-state index contributed by atoms with van der Waals surface area (Å²) < 4.78 is 0. The number of hydrogen-bond donors (Lipinski definition) is 0. The number of rotatable bonds is 5. The SMILES string of the molecule is CCCCc1ccc(CC)cc1CC. The smallest absolute Gasteiger partial charge is 0.0276 e. The fraction of sp³-hybridized carbons (Fsp3) is 0.571. The maximum atomic E-state index is 2.38. The van der Waals surface area contributed by atoms with E-state index in [2.05, 4.69) is 39.0 Å². The summed E-state index contributed by atoms with van der Waals surface area (Å²) in [6.07, 6.45) is 6.19. The molecule has 0 radical (unpaired) electrons. The number of unbranched alkanes of at least 4 members (excludes halogenated alkanes) is 1. The summed E-state index contributed by atoms with van der Waals surface area (Å²) in [4.78, 5) is 0. The first kappa shape index (κ1) is 11.3. The van der Waals surface area contributed by atoms with Gasteiger partial charge in [0.25, 0.3) is 0 Å². The zero-order valence-corrected chi connectivity index (χ0v) is 9.77. The first-order valence-electron chi connectivity index (χ1n) is 5.92. The van der Waals surface area contributed by atoms with Gasteiger partial charge in [-0.1, -0.05) is 45.4 Å². The Kier molecular flexibility index (Phi) is 4.72. The van der Waals surface area contributed by atoms with Crippen molar-refractivity contribution in [3.05, 3.63) is 34.9 Å². The van der Waals surface area contributed by atoms with Crippen molar-refractivity contribution in [2.75, 3.05) is 0 Å². The van der Waals surface area contributed by atoms with Gasteiger partial charge in [-0.25, -0.2) is 0 Å². The van der Waals surface area contributed by atoms with E-state index in [1.54, 1.807) is 11.1 Å². The van der Waals surface area contributed by atoms with Gasteiger partial charge in [0.15, 0.2) is 0 Å². The Morgan fingerprint density at radius 3 is 2.29 bits per heavy atom. The lowest BCUT2D eigenvalue weighted by Gasteiger charge is -2.09. The lowest BCUT2D eigenvalue weighted by Crippen LogP contribution is -1.94. The maximum absolute atomic E-state index is 2.38. The molecular weight excluding hydrogens is 168 g/mol. The number of benzene rings is 1. The lowest BCUT2D eigenvalue weighted by atomic mass is 9.97. The van der Waals surface area contributed by atoms with Crippen molar-refractivity contribution in [1.82, 2.24) is 0 Å². The van der Waals surface area contributed by atoms with Gasteiger partial charge >= 0.3 is 0 Å². The third kappa shape index (κ3) is 2.87. The van der Waals surface area contributed by atoms with E-state index in [-0.39, 0.29) is 0 Å². The minimum Gasteiger partial charge on any atom is -0.0654 e. The normalized spacial score (nSPS) is 10.5.